The van der Waals surface area contributed by atoms with Crippen LogP contribution in [0.2, 0.25) is 0 Å². The predicted octanol–water partition coefficient (Wildman–Crippen LogP) is 1.41. The molecular weight excluding hydrogens is 386 g/mol. The van der Waals surface area contributed by atoms with Gasteiger partial charge in [-0.3, -0.25) is 14.7 Å². The van der Waals surface area contributed by atoms with Crippen molar-refractivity contribution in [1.82, 2.24) is 15.2 Å². The van der Waals surface area contributed by atoms with Crippen molar-refractivity contribution in [2.75, 3.05) is 38.3 Å². The Labute approximate surface area is 173 Å². The fourth-order valence-corrected chi connectivity index (χ4v) is 4.02. The van der Waals surface area contributed by atoms with Crippen molar-refractivity contribution < 1.29 is 14.3 Å². The molecule has 9 nitrogen and oxygen atoms in total. The number of morpholine rings is 1. The summed E-state index contributed by atoms with van der Waals surface area (Å²) in [6, 6.07) is 7.64. The van der Waals surface area contributed by atoms with E-state index in [1.54, 1.807) is 14.0 Å². The second-order valence-electron chi connectivity index (χ2n) is 7.40. The van der Waals surface area contributed by atoms with Crippen LogP contribution in [-0.4, -0.2) is 54.5 Å². The second kappa shape index (κ2) is 8.19. The van der Waals surface area contributed by atoms with Gasteiger partial charge in [0.1, 0.15) is 11.6 Å². The fourth-order valence-electron chi connectivity index (χ4n) is 4.02. The van der Waals surface area contributed by atoms with Gasteiger partial charge in [-0.15, -0.1) is 0 Å². The summed E-state index contributed by atoms with van der Waals surface area (Å²) < 4.78 is 10.8. The molecule has 0 aliphatic carbocycles. The van der Waals surface area contributed by atoms with Gasteiger partial charge in [0.2, 0.25) is 5.91 Å². The monoisotopic (exact) mass is 411 g/mol. The number of carbonyl (C=O) groups excluding carboxylic acids is 1. The molecule has 1 atom stereocenters. The van der Waals surface area contributed by atoms with Gasteiger partial charge >= 0.3 is 0 Å². The molecule has 4 rings (SSSR count). The molecule has 0 bridgehead atoms. The van der Waals surface area contributed by atoms with Crippen LogP contribution in [0.1, 0.15) is 29.2 Å². The first-order chi connectivity index (χ1) is 14.5. The van der Waals surface area contributed by atoms with Gasteiger partial charge in [-0.05, 0) is 31.2 Å². The van der Waals surface area contributed by atoms with Crippen molar-refractivity contribution in [2.45, 2.75) is 19.3 Å². The van der Waals surface area contributed by atoms with Gasteiger partial charge in [0.15, 0.2) is 0 Å². The highest BCUT2D eigenvalue weighted by molar-refractivity contribution is 5.85. The maximum absolute atomic E-state index is 12.6. The Balaban J connectivity index is 1.96. The van der Waals surface area contributed by atoms with E-state index in [-0.39, 0.29) is 12.0 Å². The van der Waals surface area contributed by atoms with Crippen LogP contribution in [0.25, 0.3) is 10.9 Å². The number of benzene rings is 1. The Bertz CT molecular complexity index is 1130. The van der Waals surface area contributed by atoms with Crippen molar-refractivity contribution >= 4 is 22.6 Å². The number of ether oxygens (including phenoxy) is 2. The number of pyridine rings is 1. The zero-order chi connectivity index (χ0) is 21.3. The van der Waals surface area contributed by atoms with Crippen LogP contribution in [0, 0.1) is 6.92 Å². The van der Waals surface area contributed by atoms with E-state index < -0.39 is 11.8 Å². The lowest BCUT2D eigenvalue weighted by Crippen LogP contribution is -2.38. The molecule has 9 heteroatoms. The largest absolute Gasteiger partial charge is 0.497 e. The van der Waals surface area contributed by atoms with Crippen molar-refractivity contribution in [3.05, 3.63) is 51.4 Å². The van der Waals surface area contributed by atoms with Crippen molar-refractivity contribution in [3.8, 4) is 5.75 Å². The zero-order valence-electron chi connectivity index (χ0n) is 17.0. The molecule has 3 heterocycles. The molecule has 1 amide bonds. The molecule has 1 fully saturated rings. The zero-order valence-corrected chi connectivity index (χ0v) is 17.0. The van der Waals surface area contributed by atoms with Crippen molar-refractivity contribution in [3.63, 3.8) is 0 Å². The fraction of sp³-hybridized carbons (Fsp3) is 0.381. The number of aryl methyl sites for hydroxylation is 1. The third kappa shape index (κ3) is 3.76. The first kappa shape index (κ1) is 20.0. The van der Waals surface area contributed by atoms with Gasteiger partial charge in [0.05, 0.1) is 25.8 Å². The second-order valence-corrected chi connectivity index (χ2v) is 7.40. The lowest BCUT2D eigenvalue weighted by Gasteiger charge is -2.31. The normalized spacial score (nSPS) is 15.3. The average Bonchev–Trinajstić information content (AvgIpc) is 3.09. The number of nitrogens with two attached hydrogens (primary N) is 1. The smallest absolute Gasteiger partial charge is 0.267 e. The summed E-state index contributed by atoms with van der Waals surface area (Å²) in [4.78, 5) is 31.6. The van der Waals surface area contributed by atoms with E-state index in [9.17, 15) is 9.59 Å². The lowest BCUT2D eigenvalue weighted by atomic mass is 9.87. The molecule has 0 saturated carbocycles. The summed E-state index contributed by atoms with van der Waals surface area (Å²) in [5.74, 6) is 0.427. The Morgan fingerprint density at radius 3 is 2.70 bits per heavy atom. The molecular formula is C21H25N5O4. The van der Waals surface area contributed by atoms with Gasteiger partial charge in [0, 0.05) is 47.6 Å². The summed E-state index contributed by atoms with van der Waals surface area (Å²) in [5.41, 5.74) is 8.07. The Morgan fingerprint density at radius 2 is 2.07 bits per heavy atom. The minimum Gasteiger partial charge on any atom is -0.497 e. The maximum Gasteiger partial charge on any atom is 0.267 e. The number of primary amides is 1. The summed E-state index contributed by atoms with van der Waals surface area (Å²) in [5, 5.41) is 6.32. The lowest BCUT2D eigenvalue weighted by molar-refractivity contribution is -0.118. The van der Waals surface area contributed by atoms with Gasteiger partial charge in [-0.25, -0.2) is 4.98 Å². The van der Waals surface area contributed by atoms with Crippen molar-refractivity contribution in [2.24, 2.45) is 5.73 Å². The molecule has 158 valence electrons. The summed E-state index contributed by atoms with van der Waals surface area (Å²) in [7, 11) is 1.61. The van der Waals surface area contributed by atoms with E-state index in [4.69, 9.17) is 20.2 Å². The minimum absolute atomic E-state index is 0.00370. The number of aromatic amines is 2. The van der Waals surface area contributed by atoms with E-state index >= 15 is 0 Å². The molecule has 1 aliphatic heterocycles. The first-order valence-corrected chi connectivity index (χ1v) is 9.84. The highest BCUT2D eigenvalue weighted by Gasteiger charge is 2.29. The number of nitrogens with one attached hydrogen (secondary N) is 2. The van der Waals surface area contributed by atoms with E-state index in [1.165, 1.54) is 0 Å². The molecule has 3 aromatic rings. The van der Waals surface area contributed by atoms with Crippen LogP contribution in [0.3, 0.4) is 0 Å². The Kier molecular flexibility index (Phi) is 5.45. The molecule has 0 unspecified atom stereocenters. The number of methoxy groups -OCH3 is 1. The topological polar surface area (TPSA) is 126 Å². The van der Waals surface area contributed by atoms with Crippen LogP contribution in [0.5, 0.6) is 5.75 Å². The highest BCUT2D eigenvalue weighted by atomic mass is 16.5. The highest BCUT2D eigenvalue weighted by Crippen LogP contribution is 2.36. The van der Waals surface area contributed by atoms with Crippen LogP contribution in [0.4, 0.5) is 5.82 Å². The summed E-state index contributed by atoms with van der Waals surface area (Å²) in [6.07, 6.45) is -0.00370. The van der Waals surface area contributed by atoms with E-state index in [0.29, 0.717) is 43.3 Å². The number of rotatable bonds is 6. The van der Waals surface area contributed by atoms with E-state index in [1.807, 2.05) is 24.3 Å². The quantitative estimate of drug-likeness (QED) is 0.563. The molecule has 0 radical (unpaired) electrons. The van der Waals surface area contributed by atoms with Crippen LogP contribution in [-0.2, 0) is 9.53 Å². The van der Waals surface area contributed by atoms with Crippen LogP contribution in [0.15, 0.2) is 29.1 Å². The SMILES string of the molecule is COc1ccc2nc(N3CCOCC3)c([C@H](CC(N)=O)c3c(C)[nH][nH]c3=O)cc2c1. The Morgan fingerprint density at radius 1 is 1.30 bits per heavy atom. The number of H-pyrrole nitrogens is 2. The summed E-state index contributed by atoms with van der Waals surface area (Å²) >= 11 is 0. The average molecular weight is 411 g/mol. The number of aromatic nitrogens is 3. The van der Waals surface area contributed by atoms with Gasteiger partial charge in [0.25, 0.3) is 5.56 Å². The number of hydrogen-bond donors (Lipinski definition) is 3. The molecule has 2 aromatic heterocycles. The van der Waals surface area contributed by atoms with Gasteiger partial charge in [-0.1, -0.05) is 0 Å². The van der Waals surface area contributed by atoms with E-state index in [2.05, 4.69) is 15.1 Å². The number of carbonyl (C=O) groups is 1. The minimum atomic E-state index is -0.529. The molecule has 0 spiro atoms. The number of nitrogens with zero attached hydrogens (tertiary/aromatic N) is 2. The predicted molar refractivity (Wildman–Crippen MR) is 113 cm³/mol. The molecule has 1 saturated heterocycles. The standard InChI is InChI=1S/C21H25N5O4/c1-12-19(21(28)25-24-12)15(11-18(22)27)16-10-13-9-14(29-2)3-4-17(13)23-20(16)26-5-7-30-8-6-26/h3-4,9-10,15H,5-8,11H2,1-2H3,(H2,22,27)(H2,24,25,28)/t15-/m0/s1. The number of anilines is 1. The number of hydrogen-bond acceptors (Lipinski definition) is 6. The number of amides is 1. The van der Waals surface area contributed by atoms with E-state index in [0.717, 1.165) is 22.3 Å². The number of fused-ring (bicyclic) bond motifs is 1. The molecule has 30 heavy (non-hydrogen) atoms. The molecule has 4 N–H and O–H groups in total. The maximum atomic E-state index is 12.6. The third-order valence-electron chi connectivity index (χ3n) is 5.48. The van der Waals surface area contributed by atoms with Gasteiger partial charge in [-0.2, -0.15) is 0 Å². The molecule has 1 aromatic carbocycles. The molecule has 1 aliphatic rings. The first-order valence-electron chi connectivity index (χ1n) is 9.84. The van der Waals surface area contributed by atoms with Crippen LogP contribution >= 0.6 is 0 Å². The summed E-state index contributed by atoms with van der Waals surface area (Å²) in [6.45, 7) is 4.33. The third-order valence-corrected chi connectivity index (χ3v) is 5.48. The van der Waals surface area contributed by atoms with Gasteiger partial charge < -0.3 is 25.2 Å². The van der Waals surface area contributed by atoms with Crippen molar-refractivity contribution in [1.29, 1.82) is 0 Å². The van der Waals surface area contributed by atoms with Crippen LogP contribution < -0.4 is 20.9 Å². The Hall–Kier alpha value is -3.33.